The predicted octanol–water partition coefficient (Wildman–Crippen LogP) is 2.04. The zero-order chi connectivity index (χ0) is 11.5. The fraction of sp³-hybridized carbons (Fsp3) is 0.833. The highest BCUT2D eigenvalue weighted by Gasteiger charge is 2.42. The van der Waals surface area contributed by atoms with Gasteiger partial charge in [-0.05, 0) is 19.3 Å². The highest BCUT2D eigenvalue weighted by molar-refractivity contribution is 6.04. The van der Waals surface area contributed by atoms with Gasteiger partial charge in [0.1, 0.15) is 6.04 Å². The van der Waals surface area contributed by atoms with Crippen molar-refractivity contribution in [2.24, 2.45) is 0 Å². The van der Waals surface area contributed by atoms with Crippen LogP contribution in [0.25, 0.3) is 0 Å². The van der Waals surface area contributed by atoms with E-state index in [2.05, 4.69) is 12.2 Å². The van der Waals surface area contributed by atoms with Crippen molar-refractivity contribution < 1.29 is 9.59 Å². The third-order valence-electron chi connectivity index (χ3n) is 3.59. The van der Waals surface area contributed by atoms with Crippen molar-refractivity contribution in [2.75, 3.05) is 0 Å². The average Bonchev–Trinajstić information content (AvgIpc) is 2.85. The van der Waals surface area contributed by atoms with Crippen molar-refractivity contribution in [3.8, 4) is 0 Å². The lowest BCUT2D eigenvalue weighted by Crippen LogP contribution is -2.39. The number of unbranched alkanes of at least 4 members (excludes halogenated alkanes) is 1. The summed E-state index contributed by atoms with van der Waals surface area (Å²) in [6.45, 7) is 2.09. The molecule has 0 aromatic heterocycles. The van der Waals surface area contributed by atoms with Crippen molar-refractivity contribution >= 4 is 11.9 Å². The second kappa shape index (κ2) is 4.85. The van der Waals surface area contributed by atoms with Crippen molar-refractivity contribution in [1.29, 1.82) is 0 Å². The molecule has 1 saturated carbocycles. The third kappa shape index (κ3) is 2.06. The summed E-state index contributed by atoms with van der Waals surface area (Å²) in [4.78, 5) is 25.3. The van der Waals surface area contributed by atoms with Gasteiger partial charge in [-0.15, -0.1) is 0 Å². The molecule has 4 heteroatoms. The first kappa shape index (κ1) is 11.4. The van der Waals surface area contributed by atoms with Crippen LogP contribution >= 0.6 is 0 Å². The molecule has 2 rings (SSSR count). The predicted molar refractivity (Wildman–Crippen MR) is 60.9 cm³/mol. The molecular weight excluding hydrogens is 204 g/mol. The third-order valence-corrected chi connectivity index (χ3v) is 3.59. The van der Waals surface area contributed by atoms with Gasteiger partial charge in [0, 0.05) is 6.04 Å². The van der Waals surface area contributed by atoms with Crippen LogP contribution in [-0.2, 0) is 4.79 Å². The minimum atomic E-state index is -0.256. The zero-order valence-electron chi connectivity index (χ0n) is 9.87. The molecule has 0 aromatic rings. The molecule has 1 heterocycles. The van der Waals surface area contributed by atoms with Crippen LogP contribution in [0, 0.1) is 0 Å². The van der Waals surface area contributed by atoms with Crippen LogP contribution in [0.4, 0.5) is 4.79 Å². The van der Waals surface area contributed by atoms with E-state index in [-0.39, 0.29) is 24.0 Å². The maximum Gasteiger partial charge on any atom is 0.325 e. The monoisotopic (exact) mass is 224 g/mol. The quantitative estimate of drug-likeness (QED) is 0.743. The molecule has 4 nitrogen and oxygen atoms in total. The minimum Gasteiger partial charge on any atom is -0.326 e. The molecule has 1 saturated heterocycles. The molecule has 0 spiro atoms. The Bertz CT molecular complexity index is 285. The van der Waals surface area contributed by atoms with E-state index in [4.69, 9.17) is 0 Å². The Morgan fingerprint density at radius 3 is 2.62 bits per heavy atom. The Labute approximate surface area is 96.4 Å². The number of carbonyl (C=O) groups is 2. The van der Waals surface area contributed by atoms with Gasteiger partial charge in [-0.25, -0.2) is 4.79 Å². The van der Waals surface area contributed by atoms with Gasteiger partial charge in [-0.2, -0.15) is 0 Å². The van der Waals surface area contributed by atoms with Gasteiger partial charge >= 0.3 is 6.03 Å². The Balaban J connectivity index is 1.98. The normalized spacial score (nSPS) is 26.6. The fourth-order valence-corrected chi connectivity index (χ4v) is 2.66. The maximum absolute atomic E-state index is 12.1. The van der Waals surface area contributed by atoms with Gasteiger partial charge in [0.15, 0.2) is 0 Å². The summed E-state index contributed by atoms with van der Waals surface area (Å²) in [6, 6.07) is -0.259. The molecule has 1 aliphatic heterocycles. The highest BCUT2D eigenvalue weighted by atomic mass is 16.2. The standard InChI is InChI=1S/C12H20N2O2/c1-2-3-8-10-11(15)14(12(16)13-10)9-6-4-5-7-9/h9-10H,2-8H2,1H3,(H,13,16). The molecule has 2 fully saturated rings. The summed E-state index contributed by atoms with van der Waals surface area (Å²) in [5, 5.41) is 2.80. The molecule has 0 bridgehead atoms. The largest absolute Gasteiger partial charge is 0.326 e. The van der Waals surface area contributed by atoms with Crippen molar-refractivity contribution in [3.63, 3.8) is 0 Å². The maximum atomic E-state index is 12.1. The molecule has 1 aliphatic carbocycles. The van der Waals surface area contributed by atoms with E-state index in [1.165, 1.54) is 4.90 Å². The number of imide groups is 1. The highest BCUT2D eigenvalue weighted by Crippen LogP contribution is 2.26. The molecule has 16 heavy (non-hydrogen) atoms. The summed E-state index contributed by atoms with van der Waals surface area (Å²) >= 11 is 0. The average molecular weight is 224 g/mol. The van der Waals surface area contributed by atoms with Crippen LogP contribution in [-0.4, -0.2) is 28.9 Å². The van der Waals surface area contributed by atoms with Crippen molar-refractivity contribution in [2.45, 2.75) is 64.0 Å². The lowest BCUT2D eigenvalue weighted by atomic mass is 10.1. The molecule has 0 radical (unpaired) electrons. The first-order valence-corrected chi connectivity index (χ1v) is 6.37. The van der Waals surface area contributed by atoms with Gasteiger partial charge in [-0.1, -0.05) is 32.6 Å². The van der Waals surface area contributed by atoms with E-state index >= 15 is 0 Å². The second-order valence-electron chi connectivity index (χ2n) is 4.79. The summed E-state index contributed by atoms with van der Waals surface area (Å²) in [7, 11) is 0. The molecule has 1 N–H and O–H groups in total. The molecule has 1 unspecified atom stereocenters. The Morgan fingerprint density at radius 1 is 1.31 bits per heavy atom. The smallest absolute Gasteiger partial charge is 0.325 e. The lowest BCUT2D eigenvalue weighted by Gasteiger charge is -2.20. The summed E-state index contributed by atoms with van der Waals surface area (Å²) in [5.74, 6) is 0.00495. The SMILES string of the molecule is CCCCC1NC(=O)N(C2CCCC2)C1=O. The molecule has 3 amide bonds. The molecule has 2 aliphatic rings. The van der Waals surface area contributed by atoms with Crippen LogP contribution < -0.4 is 5.32 Å². The summed E-state index contributed by atoms with van der Waals surface area (Å²) in [6.07, 6.45) is 7.09. The number of hydrogen-bond acceptors (Lipinski definition) is 2. The minimum absolute atomic E-state index is 0.00495. The Kier molecular flexibility index (Phi) is 3.46. The number of nitrogens with zero attached hydrogens (tertiary/aromatic N) is 1. The van der Waals surface area contributed by atoms with Crippen LogP contribution in [0.3, 0.4) is 0 Å². The lowest BCUT2D eigenvalue weighted by molar-refractivity contribution is -0.129. The zero-order valence-corrected chi connectivity index (χ0v) is 9.87. The van der Waals surface area contributed by atoms with E-state index < -0.39 is 0 Å². The van der Waals surface area contributed by atoms with Gasteiger partial charge in [0.25, 0.3) is 5.91 Å². The Hall–Kier alpha value is -1.06. The number of nitrogens with one attached hydrogen (secondary N) is 1. The van der Waals surface area contributed by atoms with Crippen molar-refractivity contribution in [1.82, 2.24) is 10.2 Å². The van der Waals surface area contributed by atoms with Crippen molar-refractivity contribution in [3.05, 3.63) is 0 Å². The van der Waals surface area contributed by atoms with E-state index in [9.17, 15) is 9.59 Å². The first-order valence-electron chi connectivity index (χ1n) is 6.37. The molecule has 1 atom stereocenters. The number of amides is 3. The van der Waals surface area contributed by atoms with E-state index in [1.807, 2.05) is 0 Å². The van der Waals surface area contributed by atoms with E-state index in [1.54, 1.807) is 0 Å². The van der Waals surface area contributed by atoms with Gasteiger partial charge in [-0.3, -0.25) is 9.69 Å². The number of hydrogen-bond donors (Lipinski definition) is 1. The van der Waals surface area contributed by atoms with Gasteiger partial charge < -0.3 is 5.32 Å². The Morgan fingerprint density at radius 2 is 2.00 bits per heavy atom. The number of carbonyl (C=O) groups excluding carboxylic acids is 2. The number of rotatable bonds is 4. The fourth-order valence-electron chi connectivity index (χ4n) is 2.66. The molecule has 0 aromatic carbocycles. The van der Waals surface area contributed by atoms with E-state index in [0.29, 0.717) is 0 Å². The molecular formula is C12H20N2O2. The van der Waals surface area contributed by atoms with E-state index in [0.717, 1.165) is 44.9 Å². The van der Waals surface area contributed by atoms with Crippen LogP contribution in [0.5, 0.6) is 0 Å². The topological polar surface area (TPSA) is 49.4 Å². The number of urea groups is 1. The first-order chi connectivity index (χ1) is 7.74. The molecule has 90 valence electrons. The summed E-state index contributed by atoms with van der Waals surface area (Å²) < 4.78 is 0. The van der Waals surface area contributed by atoms with Crippen LogP contribution in [0.15, 0.2) is 0 Å². The van der Waals surface area contributed by atoms with Gasteiger partial charge in [0.05, 0.1) is 0 Å². The van der Waals surface area contributed by atoms with Crippen LogP contribution in [0.1, 0.15) is 51.9 Å². The summed E-state index contributed by atoms with van der Waals surface area (Å²) in [5.41, 5.74) is 0. The van der Waals surface area contributed by atoms with Crippen LogP contribution in [0.2, 0.25) is 0 Å². The second-order valence-corrected chi connectivity index (χ2v) is 4.79. The van der Waals surface area contributed by atoms with Gasteiger partial charge in [0.2, 0.25) is 0 Å².